The Balaban J connectivity index is 1.36. The van der Waals surface area contributed by atoms with Gasteiger partial charge < -0.3 is 13.4 Å². The first-order valence-corrected chi connectivity index (χ1v) is 15.0. The van der Waals surface area contributed by atoms with E-state index in [1.807, 2.05) is 48.5 Å². The molecule has 0 aliphatic rings. The van der Waals surface area contributed by atoms with Gasteiger partial charge in [-0.25, -0.2) is 9.97 Å². The lowest BCUT2D eigenvalue weighted by Crippen LogP contribution is -1.98. The van der Waals surface area contributed by atoms with Crippen molar-refractivity contribution in [2.24, 2.45) is 0 Å². The van der Waals surface area contributed by atoms with Crippen molar-refractivity contribution in [1.29, 1.82) is 0 Å². The van der Waals surface area contributed by atoms with Crippen LogP contribution in [0.15, 0.2) is 148 Å². The fourth-order valence-corrected chi connectivity index (χ4v) is 6.81. The summed E-state index contributed by atoms with van der Waals surface area (Å²) in [6.07, 6.45) is 0. The van der Waals surface area contributed by atoms with Gasteiger partial charge in [-0.1, -0.05) is 97.1 Å². The summed E-state index contributed by atoms with van der Waals surface area (Å²) in [5.41, 5.74) is 9.64. The molecule has 5 heteroatoms. The van der Waals surface area contributed by atoms with Crippen LogP contribution in [0, 0.1) is 0 Å². The molecule has 0 fully saturated rings. The molecule has 0 spiro atoms. The van der Waals surface area contributed by atoms with E-state index in [0.717, 1.165) is 72.0 Å². The number of rotatable bonds is 3. The van der Waals surface area contributed by atoms with Gasteiger partial charge in [0.05, 0.1) is 16.6 Å². The van der Waals surface area contributed by atoms with E-state index in [1.54, 1.807) is 0 Å². The third kappa shape index (κ3) is 3.49. The van der Waals surface area contributed by atoms with Crippen molar-refractivity contribution in [2.45, 2.75) is 0 Å². The van der Waals surface area contributed by atoms with Gasteiger partial charge in [0.25, 0.3) is 0 Å². The van der Waals surface area contributed by atoms with E-state index in [0.29, 0.717) is 11.4 Å². The number of benzene rings is 6. The summed E-state index contributed by atoms with van der Waals surface area (Å²) in [5.74, 6) is 0.583. The van der Waals surface area contributed by atoms with E-state index < -0.39 is 0 Å². The summed E-state index contributed by atoms with van der Waals surface area (Å²) in [6, 6.07) is 47.9. The average Bonchev–Trinajstić information content (AvgIpc) is 3.77. The first-order chi connectivity index (χ1) is 22.3. The number of furan rings is 2. The third-order valence-corrected chi connectivity index (χ3v) is 8.81. The molecule has 0 amide bonds. The van der Waals surface area contributed by atoms with Crippen molar-refractivity contribution < 1.29 is 8.83 Å². The van der Waals surface area contributed by atoms with Gasteiger partial charge in [0.2, 0.25) is 0 Å². The normalized spacial score (nSPS) is 12.0. The summed E-state index contributed by atoms with van der Waals surface area (Å²) < 4.78 is 15.3. The van der Waals surface area contributed by atoms with Crippen LogP contribution in [0.3, 0.4) is 0 Å². The molecule has 10 rings (SSSR count). The van der Waals surface area contributed by atoms with Crippen LogP contribution in [-0.2, 0) is 0 Å². The van der Waals surface area contributed by atoms with Gasteiger partial charge in [0.1, 0.15) is 28.0 Å². The van der Waals surface area contributed by atoms with E-state index in [9.17, 15) is 0 Å². The van der Waals surface area contributed by atoms with Crippen LogP contribution < -0.4 is 0 Å². The van der Waals surface area contributed by atoms with Crippen molar-refractivity contribution in [3.8, 4) is 28.3 Å². The van der Waals surface area contributed by atoms with Crippen LogP contribution in [0.25, 0.3) is 94.1 Å². The summed E-state index contributed by atoms with van der Waals surface area (Å²) in [6.45, 7) is 0. The molecule has 210 valence electrons. The highest BCUT2D eigenvalue weighted by atomic mass is 16.3. The van der Waals surface area contributed by atoms with Gasteiger partial charge in [0, 0.05) is 38.2 Å². The molecule has 0 unspecified atom stereocenters. The minimum atomic E-state index is 0.583. The largest absolute Gasteiger partial charge is 0.455 e. The lowest BCUT2D eigenvalue weighted by atomic mass is 10.1. The minimum absolute atomic E-state index is 0.583. The summed E-state index contributed by atoms with van der Waals surface area (Å²) >= 11 is 0. The Hall–Kier alpha value is -6.20. The molecule has 0 saturated carbocycles. The molecule has 0 N–H and O–H groups in total. The van der Waals surface area contributed by atoms with Crippen molar-refractivity contribution in [3.63, 3.8) is 0 Å². The number of fused-ring (bicyclic) bond motifs is 9. The summed E-state index contributed by atoms with van der Waals surface area (Å²) in [5, 5.41) is 5.44. The molecule has 4 aromatic heterocycles. The third-order valence-electron chi connectivity index (χ3n) is 8.81. The molecule has 0 bridgehead atoms. The van der Waals surface area contributed by atoms with E-state index in [-0.39, 0.29) is 0 Å². The second-order valence-corrected chi connectivity index (χ2v) is 11.4. The fourth-order valence-electron chi connectivity index (χ4n) is 6.81. The van der Waals surface area contributed by atoms with Crippen LogP contribution in [0.5, 0.6) is 0 Å². The van der Waals surface area contributed by atoms with Crippen LogP contribution in [-0.4, -0.2) is 14.5 Å². The molecule has 0 atom stereocenters. The molecule has 0 aliphatic heterocycles. The summed E-state index contributed by atoms with van der Waals surface area (Å²) in [7, 11) is 0. The van der Waals surface area contributed by atoms with Gasteiger partial charge in [-0.2, -0.15) is 0 Å². The first-order valence-electron chi connectivity index (χ1n) is 15.0. The molecule has 0 saturated heterocycles. The predicted molar refractivity (Wildman–Crippen MR) is 182 cm³/mol. The standard InChI is InChI=1S/C40H23N3O2/c1-2-12-24(13-3-1)36-39-37(29-17-7-11-21-35(29)45-39)42-40(41-36)31-23-25(22-30-28-16-6-10-20-34(28)44-38(30)31)43-32-18-8-4-14-26(32)27-15-5-9-19-33(27)43/h1-23H. The maximum Gasteiger partial charge on any atom is 0.180 e. The maximum absolute atomic E-state index is 6.60. The van der Waals surface area contributed by atoms with E-state index in [4.69, 9.17) is 18.8 Å². The van der Waals surface area contributed by atoms with E-state index in [2.05, 4.69) is 95.6 Å². The highest BCUT2D eigenvalue weighted by Crippen LogP contribution is 2.42. The van der Waals surface area contributed by atoms with Gasteiger partial charge in [-0.05, 0) is 42.5 Å². The zero-order valence-electron chi connectivity index (χ0n) is 23.9. The zero-order chi connectivity index (χ0) is 29.5. The highest BCUT2D eigenvalue weighted by molar-refractivity contribution is 6.13. The smallest absolute Gasteiger partial charge is 0.180 e. The van der Waals surface area contributed by atoms with Crippen molar-refractivity contribution in [1.82, 2.24) is 14.5 Å². The summed E-state index contributed by atoms with van der Waals surface area (Å²) in [4.78, 5) is 10.4. The second-order valence-electron chi connectivity index (χ2n) is 11.4. The van der Waals surface area contributed by atoms with Crippen LogP contribution in [0.4, 0.5) is 0 Å². The molecule has 0 radical (unpaired) electrons. The second kappa shape index (κ2) is 9.15. The number of hydrogen-bond donors (Lipinski definition) is 0. The number of hydrogen-bond acceptors (Lipinski definition) is 4. The fraction of sp³-hybridized carbons (Fsp3) is 0. The van der Waals surface area contributed by atoms with Crippen LogP contribution >= 0.6 is 0 Å². The molecule has 6 aromatic carbocycles. The van der Waals surface area contributed by atoms with E-state index >= 15 is 0 Å². The van der Waals surface area contributed by atoms with Crippen molar-refractivity contribution in [2.75, 3.05) is 0 Å². The average molecular weight is 578 g/mol. The molecule has 10 aromatic rings. The highest BCUT2D eigenvalue weighted by Gasteiger charge is 2.23. The molecule has 4 heterocycles. The van der Waals surface area contributed by atoms with E-state index in [1.165, 1.54) is 10.8 Å². The lowest BCUT2D eigenvalue weighted by Gasteiger charge is -2.12. The lowest BCUT2D eigenvalue weighted by molar-refractivity contribution is 0.666. The van der Waals surface area contributed by atoms with Crippen molar-refractivity contribution in [3.05, 3.63) is 140 Å². The van der Waals surface area contributed by atoms with Gasteiger partial charge in [-0.3, -0.25) is 0 Å². The SMILES string of the molecule is c1ccc(-c2nc(-c3cc(-n4c5ccccc5c5ccccc54)cc4c3oc3ccccc34)nc3c2oc2ccccc23)cc1. The van der Waals surface area contributed by atoms with Gasteiger partial charge >= 0.3 is 0 Å². The number of para-hydroxylation sites is 4. The Morgan fingerprint density at radius 1 is 0.467 bits per heavy atom. The van der Waals surface area contributed by atoms with Crippen LogP contribution in [0.1, 0.15) is 0 Å². The van der Waals surface area contributed by atoms with Crippen molar-refractivity contribution >= 4 is 65.8 Å². The number of aromatic nitrogens is 3. The Morgan fingerprint density at radius 3 is 1.78 bits per heavy atom. The van der Waals surface area contributed by atoms with Gasteiger partial charge in [-0.15, -0.1) is 0 Å². The Labute approximate surface area is 256 Å². The molecule has 5 nitrogen and oxygen atoms in total. The zero-order valence-corrected chi connectivity index (χ0v) is 23.9. The Morgan fingerprint density at radius 2 is 1.04 bits per heavy atom. The Bertz CT molecular complexity index is 2710. The monoisotopic (exact) mass is 577 g/mol. The quantitative estimate of drug-likeness (QED) is 0.210. The molecular formula is C40H23N3O2. The predicted octanol–water partition coefficient (Wildman–Crippen LogP) is 10.7. The molecule has 0 aliphatic carbocycles. The topological polar surface area (TPSA) is 57.0 Å². The van der Waals surface area contributed by atoms with Gasteiger partial charge in [0.15, 0.2) is 11.4 Å². The first kappa shape index (κ1) is 24.3. The Kier molecular flexibility index (Phi) is 4.93. The number of nitrogens with zero attached hydrogens (tertiary/aromatic N) is 3. The maximum atomic E-state index is 6.60. The minimum Gasteiger partial charge on any atom is -0.455 e. The molecule has 45 heavy (non-hydrogen) atoms. The van der Waals surface area contributed by atoms with Crippen LogP contribution in [0.2, 0.25) is 0 Å². The molecular weight excluding hydrogens is 554 g/mol.